The molecule has 1 aromatic carbocycles. The SMILES string of the molecule is CCCOC(=O)CCC(=O)NC(=S)Nc1ccc(C)cc1. The summed E-state index contributed by atoms with van der Waals surface area (Å²) in [6, 6.07) is 7.62. The Bertz CT molecular complexity index is 500. The summed E-state index contributed by atoms with van der Waals surface area (Å²) >= 11 is 5.04. The van der Waals surface area contributed by atoms with Crippen molar-refractivity contribution in [3.8, 4) is 0 Å². The number of carbonyl (C=O) groups excluding carboxylic acids is 2. The molecule has 0 aromatic heterocycles. The Balaban J connectivity index is 2.29. The highest BCUT2D eigenvalue weighted by molar-refractivity contribution is 7.80. The van der Waals surface area contributed by atoms with Crippen LogP contribution in [0.4, 0.5) is 5.69 Å². The number of esters is 1. The second-order valence-corrected chi connectivity index (χ2v) is 5.00. The monoisotopic (exact) mass is 308 g/mol. The third kappa shape index (κ3) is 7.41. The fraction of sp³-hybridized carbons (Fsp3) is 0.400. The van der Waals surface area contributed by atoms with E-state index in [4.69, 9.17) is 17.0 Å². The fourth-order valence-electron chi connectivity index (χ4n) is 1.49. The topological polar surface area (TPSA) is 67.4 Å². The van der Waals surface area contributed by atoms with E-state index in [-0.39, 0.29) is 29.8 Å². The molecular weight excluding hydrogens is 288 g/mol. The molecule has 114 valence electrons. The minimum absolute atomic E-state index is 0.0538. The third-order valence-corrected chi connectivity index (χ3v) is 2.79. The first-order chi connectivity index (χ1) is 10.0. The smallest absolute Gasteiger partial charge is 0.306 e. The summed E-state index contributed by atoms with van der Waals surface area (Å²) in [6.07, 6.45) is 0.875. The number of benzene rings is 1. The van der Waals surface area contributed by atoms with Crippen LogP contribution in [0.15, 0.2) is 24.3 Å². The number of rotatable bonds is 6. The third-order valence-electron chi connectivity index (χ3n) is 2.59. The van der Waals surface area contributed by atoms with Crippen LogP contribution in [-0.4, -0.2) is 23.6 Å². The molecule has 0 unspecified atom stereocenters. The lowest BCUT2D eigenvalue weighted by Crippen LogP contribution is -2.34. The van der Waals surface area contributed by atoms with Gasteiger partial charge in [-0.25, -0.2) is 0 Å². The average molecular weight is 308 g/mol. The van der Waals surface area contributed by atoms with Gasteiger partial charge in [0.1, 0.15) is 0 Å². The van der Waals surface area contributed by atoms with E-state index >= 15 is 0 Å². The van der Waals surface area contributed by atoms with E-state index in [2.05, 4.69) is 10.6 Å². The van der Waals surface area contributed by atoms with Gasteiger partial charge in [0, 0.05) is 12.1 Å². The van der Waals surface area contributed by atoms with Crippen LogP contribution in [0.5, 0.6) is 0 Å². The second kappa shape index (κ2) is 9.07. The van der Waals surface area contributed by atoms with Crippen LogP contribution < -0.4 is 10.6 Å². The molecule has 0 saturated carbocycles. The molecule has 0 atom stereocenters. The van der Waals surface area contributed by atoms with Crippen molar-refractivity contribution in [1.29, 1.82) is 0 Å². The van der Waals surface area contributed by atoms with Crippen LogP contribution in [0.25, 0.3) is 0 Å². The quantitative estimate of drug-likeness (QED) is 0.624. The molecular formula is C15H20N2O3S. The summed E-state index contributed by atoms with van der Waals surface area (Å²) in [4.78, 5) is 22.9. The number of thiocarbonyl (C=S) groups is 1. The largest absolute Gasteiger partial charge is 0.466 e. The molecule has 1 rings (SSSR count). The zero-order valence-electron chi connectivity index (χ0n) is 12.3. The lowest BCUT2D eigenvalue weighted by molar-refractivity contribution is -0.144. The molecule has 0 bridgehead atoms. The van der Waals surface area contributed by atoms with Crippen molar-refractivity contribution in [2.45, 2.75) is 33.1 Å². The first kappa shape index (κ1) is 17.1. The van der Waals surface area contributed by atoms with E-state index in [0.717, 1.165) is 17.7 Å². The van der Waals surface area contributed by atoms with E-state index in [0.29, 0.717) is 6.61 Å². The van der Waals surface area contributed by atoms with Gasteiger partial charge in [-0.15, -0.1) is 0 Å². The number of carbonyl (C=O) groups is 2. The van der Waals surface area contributed by atoms with Gasteiger partial charge in [-0.3, -0.25) is 9.59 Å². The average Bonchev–Trinajstić information content (AvgIpc) is 2.45. The van der Waals surface area contributed by atoms with Crippen molar-refractivity contribution in [1.82, 2.24) is 5.32 Å². The van der Waals surface area contributed by atoms with Gasteiger partial charge in [-0.2, -0.15) is 0 Å². The van der Waals surface area contributed by atoms with Crippen molar-refractivity contribution in [2.75, 3.05) is 11.9 Å². The molecule has 0 aliphatic carbocycles. The maximum absolute atomic E-state index is 11.6. The predicted molar refractivity (Wildman–Crippen MR) is 86.0 cm³/mol. The van der Waals surface area contributed by atoms with E-state index < -0.39 is 0 Å². The standard InChI is InChI=1S/C15H20N2O3S/c1-3-10-20-14(19)9-8-13(18)17-15(21)16-12-6-4-11(2)5-7-12/h4-7H,3,8-10H2,1-2H3,(H2,16,17,18,21). The predicted octanol–water partition coefficient (Wildman–Crippen LogP) is 2.54. The molecule has 0 fully saturated rings. The highest BCUT2D eigenvalue weighted by Crippen LogP contribution is 2.08. The number of anilines is 1. The van der Waals surface area contributed by atoms with Gasteiger partial charge < -0.3 is 15.4 Å². The molecule has 0 saturated heterocycles. The summed E-state index contributed by atoms with van der Waals surface area (Å²) in [5, 5.41) is 5.65. The number of aryl methyl sites for hydroxylation is 1. The van der Waals surface area contributed by atoms with Gasteiger partial charge in [0.25, 0.3) is 0 Å². The number of amides is 1. The summed E-state index contributed by atoms with van der Waals surface area (Å²) in [7, 11) is 0. The van der Waals surface area contributed by atoms with E-state index in [1.54, 1.807) is 0 Å². The summed E-state index contributed by atoms with van der Waals surface area (Å²) < 4.78 is 4.89. The molecule has 1 aromatic rings. The molecule has 6 heteroatoms. The Labute approximate surface area is 130 Å². The van der Waals surface area contributed by atoms with Crippen LogP contribution >= 0.6 is 12.2 Å². The van der Waals surface area contributed by atoms with Crippen molar-refractivity contribution in [3.63, 3.8) is 0 Å². The maximum atomic E-state index is 11.6. The van der Waals surface area contributed by atoms with Gasteiger partial charge >= 0.3 is 5.97 Å². The Kier molecular flexibility index (Phi) is 7.39. The molecule has 0 aliphatic heterocycles. The molecule has 0 radical (unpaired) electrons. The number of hydrogen-bond donors (Lipinski definition) is 2. The molecule has 0 aliphatic rings. The van der Waals surface area contributed by atoms with Gasteiger partial charge in [-0.1, -0.05) is 24.6 Å². The minimum atomic E-state index is -0.371. The van der Waals surface area contributed by atoms with Crippen molar-refractivity contribution in [2.24, 2.45) is 0 Å². The molecule has 0 heterocycles. The molecule has 21 heavy (non-hydrogen) atoms. The highest BCUT2D eigenvalue weighted by Gasteiger charge is 2.09. The Morgan fingerprint density at radius 2 is 1.86 bits per heavy atom. The lowest BCUT2D eigenvalue weighted by Gasteiger charge is -2.09. The maximum Gasteiger partial charge on any atom is 0.306 e. The Morgan fingerprint density at radius 3 is 2.48 bits per heavy atom. The van der Waals surface area contributed by atoms with Crippen LogP contribution in [0.3, 0.4) is 0 Å². The first-order valence-electron chi connectivity index (χ1n) is 6.84. The lowest BCUT2D eigenvalue weighted by atomic mass is 10.2. The summed E-state index contributed by atoms with van der Waals surface area (Å²) in [5.74, 6) is -0.683. The number of hydrogen-bond acceptors (Lipinski definition) is 4. The molecule has 2 N–H and O–H groups in total. The van der Waals surface area contributed by atoms with Gasteiger partial charge in [0.05, 0.1) is 13.0 Å². The van der Waals surface area contributed by atoms with Crippen LogP contribution in [0, 0.1) is 6.92 Å². The molecule has 1 amide bonds. The van der Waals surface area contributed by atoms with Crippen molar-refractivity contribution in [3.05, 3.63) is 29.8 Å². The summed E-state index contributed by atoms with van der Waals surface area (Å²) in [5.41, 5.74) is 1.94. The van der Waals surface area contributed by atoms with E-state index in [9.17, 15) is 9.59 Å². The van der Waals surface area contributed by atoms with E-state index in [1.807, 2.05) is 38.1 Å². The Hall–Kier alpha value is -1.95. The van der Waals surface area contributed by atoms with Crippen molar-refractivity contribution >= 4 is 34.9 Å². The second-order valence-electron chi connectivity index (χ2n) is 4.59. The Morgan fingerprint density at radius 1 is 1.19 bits per heavy atom. The minimum Gasteiger partial charge on any atom is -0.466 e. The number of nitrogens with one attached hydrogen (secondary N) is 2. The summed E-state index contributed by atoms with van der Waals surface area (Å²) in [6.45, 7) is 4.28. The normalized spacial score (nSPS) is 9.81. The highest BCUT2D eigenvalue weighted by atomic mass is 32.1. The molecule has 5 nitrogen and oxygen atoms in total. The van der Waals surface area contributed by atoms with Crippen LogP contribution in [-0.2, 0) is 14.3 Å². The zero-order chi connectivity index (χ0) is 15.7. The van der Waals surface area contributed by atoms with Crippen molar-refractivity contribution < 1.29 is 14.3 Å². The number of ether oxygens (including phenoxy) is 1. The zero-order valence-corrected chi connectivity index (χ0v) is 13.1. The fourth-order valence-corrected chi connectivity index (χ4v) is 1.72. The van der Waals surface area contributed by atoms with Gasteiger partial charge in [0.2, 0.25) is 5.91 Å². The van der Waals surface area contributed by atoms with E-state index in [1.165, 1.54) is 0 Å². The van der Waals surface area contributed by atoms with Crippen LogP contribution in [0.2, 0.25) is 0 Å². The van der Waals surface area contributed by atoms with Gasteiger partial charge in [0.15, 0.2) is 5.11 Å². The van der Waals surface area contributed by atoms with Crippen LogP contribution in [0.1, 0.15) is 31.7 Å². The molecule has 0 spiro atoms. The first-order valence-corrected chi connectivity index (χ1v) is 7.25. The van der Waals surface area contributed by atoms with Gasteiger partial charge in [-0.05, 0) is 37.7 Å².